The number of nitrogens with zero attached hydrogens (tertiary/aromatic N) is 3. The summed E-state index contributed by atoms with van der Waals surface area (Å²) in [6.07, 6.45) is 5.24. The number of aryl methyl sites for hydroxylation is 1. The van der Waals surface area contributed by atoms with Gasteiger partial charge in [-0.15, -0.1) is 0 Å². The first kappa shape index (κ1) is 11.9. The van der Waals surface area contributed by atoms with E-state index in [9.17, 15) is 0 Å². The highest BCUT2D eigenvalue weighted by Gasteiger charge is 2.01. The molecule has 0 spiro atoms. The van der Waals surface area contributed by atoms with Gasteiger partial charge in [-0.05, 0) is 18.6 Å². The predicted molar refractivity (Wildman–Crippen MR) is 71.4 cm³/mol. The van der Waals surface area contributed by atoms with Crippen molar-refractivity contribution in [3.63, 3.8) is 0 Å². The van der Waals surface area contributed by atoms with Crippen LogP contribution >= 0.6 is 0 Å². The SMILES string of the molecule is Cc1ccc(/C=C(\C#N)Cn2ccnc2N)cc1. The van der Waals surface area contributed by atoms with Crippen LogP contribution in [0.2, 0.25) is 0 Å². The zero-order chi connectivity index (χ0) is 13.0. The van der Waals surface area contributed by atoms with E-state index in [0.29, 0.717) is 18.1 Å². The second kappa shape index (κ2) is 5.19. The Morgan fingerprint density at radius 3 is 2.72 bits per heavy atom. The van der Waals surface area contributed by atoms with Gasteiger partial charge in [0.25, 0.3) is 0 Å². The fraction of sp³-hybridized carbons (Fsp3) is 0.143. The molecule has 1 heterocycles. The molecule has 2 rings (SSSR count). The number of anilines is 1. The van der Waals surface area contributed by atoms with Gasteiger partial charge in [-0.25, -0.2) is 4.98 Å². The van der Waals surface area contributed by atoms with Crippen LogP contribution in [0, 0.1) is 18.3 Å². The van der Waals surface area contributed by atoms with Crippen LogP contribution in [0.25, 0.3) is 6.08 Å². The van der Waals surface area contributed by atoms with Crippen LogP contribution in [-0.2, 0) is 6.54 Å². The maximum Gasteiger partial charge on any atom is 0.200 e. The van der Waals surface area contributed by atoms with Crippen LogP contribution in [0.15, 0.2) is 42.2 Å². The van der Waals surface area contributed by atoms with Gasteiger partial charge in [0.1, 0.15) is 0 Å². The molecular formula is C14H14N4. The van der Waals surface area contributed by atoms with Crippen LogP contribution in [0.4, 0.5) is 5.95 Å². The van der Waals surface area contributed by atoms with Crippen LogP contribution in [0.3, 0.4) is 0 Å². The number of hydrogen-bond acceptors (Lipinski definition) is 3. The molecule has 0 aliphatic heterocycles. The van der Waals surface area contributed by atoms with Gasteiger partial charge in [0.05, 0.1) is 12.6 Å². The monoisotopic (exact) mass is 238 g/mol. The van der Waals surface area contributed by atoms with Crippen molar-refractivity contribution in [2.24, 2.45) is 0 Å². The van der Waals surface area contributed by atoms with Crippen LogP contribution in [0.5, 0.6) is 0 Å². The van der Waals surface area contributed by atoms with Gasteiger partial charge in [-0.2, -0.15) is 5.26 Å². The van der Waals surface area contributed by atoms with Crippen LogP contribution < -0.4 is 5.73 Å². The molecule has 0 saturated heterocycles. The summed E-state index contributed by atoms with van der Waals surface area (Å²) in [6.45, 7) is 2.47. The fourth-order valence-corrected chi connectivity index (χ4v) is 1.64. The molecule has 0 aliphatic carbocycles. The first-order valence-corrected chi connectivity index (χ1v) is 5.63. The highest BCUT2D eigenvalue weighted by molar-refractivity contribution is 5.57. The van der Waals surface area contributed by atoms with E-state index in [1.807, 2.05) is 37.3 Å². The number of nitrogens with two attached hydrogens (primary N) is 1. The molecule has 0 atom stereocenters. The number of rotatable bonds is 3. The van der Waals surface area contributed by atoms with Crippen molar-refractivity contribution in [2.75, 3.05) is 5.73 Å². The Morgan fingerprint density at radius 2 is 2.17 bits per heavy atom. The highest BCUT2D eigenvalue weighted by Crippen LogP contribution is 2.11. The normalized spacial score (nSPS) is 11.2. The molecule has 0 radical (unpaired) electrons. The van der Waals surface area contributed by atoms with Crippen LogP contribution in [-0.4, -0.2) is 9.55 Å². The molecule has 0 fully saturated rings. The van der Waals surface area contributed by atoms with E-state index in [1.165, 1.54) is 5.56 Å². The molecule has 90 valence electrons. The summed E-state index contributed by atoms with van der Waals surface area (Å²) in [5.74, 6) is 0.417. The quantitative estimate of drug-likeness (QED) is 0.835. The zero-order valence-electron chi connectivity index (χ0n) is 10.2. The van der Waals surface area contributed by atoms with Crippen molar-refractivity contribution in [2.45, 2.75) is 13.5 Å². The minimum Gasteiger partial charge on any atom is -0.369 e. The van der Waals surface area contributed by atoms with Crippen molar-refractivity contribution >= 4 is 12.0 Å². The van der Waals surface area contributed by atoms with Crippen molar-refractivity contribution in [3.05, 3.63) is 53.4 Å². The second-order valence-corrected chi connectivity index (χ2v) is 4.11. The average molecular weight is 238 g/mol. The summed E-state index contributed by atoms with van der Waals surface area (Å²) in [4.78, 5) is 3.93. The van der Waals surface area contributed by atoms with E-state index in [1.54, 1.807) is 17.0 Å². The maximum atomic E-state index is 9.14. The third-order valence-corrected chi connectivity index (χ3v) is 2.65. The van der Waals surface area contributed by atoms with Crippen molar-refractivity contribution in [1.82, 2.24) is 9.55 Å². The minimum atomic E-state index is 0.417. The maximum absolute atomic E-state index is 9.14. The third kappa shape index (κ3) is 2.77. The number of aromatic nitrogens is 2. The van der Waals surface area contributed by atoms with Crippen molar-refractivity contribution < 1.29 is 0 Å². The Morgan fingerprint density at radius 1 is 1.44 bits per heavy atom. The Hall–Kier alpha value is -2.54. The lowest BCUT2D eigenvalue weighted by Crippen LogP contribution is -2.03. The van der Waals surface area contributed by atoms with Crippen LogP contribution in [0.1, 0.15) is 11.1 Å². The van der Waals surface area contributed by atoms with Gasteiger partial charge < -0.3 is 10.3 Å². The molecule has 2 N–H and O–H groups in total. The van der Waals surface area contributed by atoms with Crippen molar-refractivity contribution in [3.8, 4) is 6.07 Å². The Kier molecular flexibility index (Phi) is 3.44. The first-order valence-electron chi connectivity index (χ1n) is 5.63. The fourth-order valence-electron chi connectivity index (χ4n) is 1.64. The van der Waals surface area contributed by atoms with Gasteiger partial charge in [0.15, 0.2) is 5.95 Å². The highest BCUT2D eigenvalue weighted by atomic mass is 15.1. The standard InChI is InChI=1S/C14H14N4/c1-11-2-4-12(5-3-11)8-13(9-15)10-18-7-6-17-14(18)16/h2-8H,10H2,1H3,(H2,16,17)/b13-8+. The smallest absolute Gasteiger partial charge is 0.200 e. The second-order valence-electron chi connectivity index (χ2n) is 4.11. The van der Waals surface area contributed by atoms with E-state index in [2.05, 4.69) is 11.1 Å². The number of nitrogen functional groups attached to an aromatic ring is 1. The molecule has 0 unspecified atom stereocenters. The van der Waals surface area contributed by atoms with E-state index >= 15 is 0 Å². The summed E-state index contributed by atoms with van der Waals surface area (Å²) in [6, 6.07) is 10.2. The zero-order valence-corrected chi connectivity index (χ0v) is 10.2. The van der Waals surface area contributed by atoms with E-state index in [0.717, 1.165) is 5.56 Å². The Labute approximate surface area is 106 Å². The molecule has 2 aromatic rings. The van der Waals surface area contributed by atoms with E-state index in [-0.39, 0.29) is 0 Å². The Bertz CT molecular complexity index is 599. The molecule has 4 heteroatoms. The molecular weight excluding hydrogens is 224 g/mol. The summed E-state index contributed by atoms with van der Waals surface area (Å²) in [5, 5.41) is 9.14. The molecule has 18 heavy (non-hydrogen) atoms. The summed E-state index contributed by atoms with van der Waals surface area (Å²) < 4.78 is 1.74. The predicted octanol–water partition coefficient (Wildman–Crippen LogP) is 2.38. The van der Waals surface area contributed by atoms with Gasteiger partial charge in [-0.1, -0.05) is 29.8 Å². The topological polar surface area (TPSA) is 67.6 Å². The Balaban J connectivity index is 2.21. The lowest BCUT2D eigenvalue weighted by Gasteiger charge is -2.03. The largest absolute Gasteiger partial charge is 0.369 e. The molecule has 1 aromatic carbocycles. The number of nitriles is 1. The third-order valence-electron chi connectivity index (χ3n) is 2.65. The van der Waals surface area contributed by atoms with Gasteiger partial charge in [0.2, 0.25) is 0 Å². The molecule has 1 aromatic heterocycles. The lowest BCUT2D eigenvalue weighted by molar-refractivity contribution is 0.816. The summed E-state index contributed by atoms with van der Waals surface area (Å²) in [5.41, 5.74) is 8.52. The lowest BCUT2D eigenvalue weighted by atomic mass is 10.1. The van der Waals surface area contributed by atoms with E-state index < -0.39 is 0 Å². The van der Waals surface area contributed by atoms with Gasteiger partial charge >= 0.3 is 0 Å². The molecule has 4 nitrogen and oxygen atoms in total. The van der Waals surface area contributed by atoms with Gasteiger partial charge in [0, 0.05) is 18.0 Å². The first-order chi connectivity index (χ1) is 8.69. The van der Waals surface area contributed by atoms with Crippen molar-refractivity contribution in [1.29, 1.82) is 5.26 Å². The number of benzene rings is 1. The molecule has 0 amide bonds. The minimum absolute atomic E-state index is 0.417. The molecule has 0 saturated carbocycles. The number of imidazole rings is 1. The molecule has 0 aliphatic rings. The summed E-state index contributed by atoms with van der Waals surface area (Å²) in [7, 11) is 0. The number of hydrogen-bond donors (Lipinski definition) is 1. The van der Waals surface area contributed by atoms with E-state index in [4.69, 9.17) is 11.0 Å². The van der Waals surface area contributed by atoms with Gasteiger partial charge in [-0.3, -0.25) is 0 Å². The average Bonchev–Trinajstić information content (AvgIpc) is 2.77. The number of allylic oxidation sites excluding steroid dienone is 1. The molecule has 0 bridgehead atoms. The summed E-state index contributed by atoms with van der Waals surface area (Å²) >= 11 is 0.